The number of hydrogen-bond donors (Lipinski definition) is 3. The van der Waals surface area contributed by atoms with Gasteiger partial charge in [0.15, 0.2) is 0 Å². The highest BCUT2D eigenvalue weighted by Crippen LogP contribution is 2.26. The second kappa shape index (κ2) is 9.97. The summed E-state index contributed by atoms with van der Waals surface area (Å²) in [7, 11) is -3.22. The fourth-order valence-corrected chi connectivity index (χ4v) is 5.54. The molecule has 1 amide bonds. The van der Waals surface area contributed by atoms with Crippen LogP contribution in [0.3, 0.4) is 0 Å². The lowest BCUT2D eigenvalue weighted by Gasteiger charge is -2.29. The first-order valence-corrected chi connectivity index (χ1v) is 12.3. The van der Waals surface area contributed by atoms with E-state index in [0.717, 1.165) is 0 Å². The number of anilines is 1. The summed E-state index contributed by atoms with van der Waals surface area (Å²) >= 11 is 6.04. The third-order valence-corrected chi connectivity index (χ3v) is 7.41. The zero-order valence-corrected chi connectivity index (χ0v) is 18.5. The lowest BCUT2D eigenvalue weighted by molar-refractivity contribution is 0.102. The van der Waals surface area contributed by atoms with Crippen molar-refractivity contribution >= 4 is 33.4 Å². The largest absolute Gasteiger partial charge is 0.444 e. The maximum absolute atomic E-state index is 12.3. The SMILES string of the molecule is CCCS(=O)(=O)N[C@H]1CC[C@H](NC(=O)O[C@@H]2CCN(c3cn[nH]c(=O)c3Cl)C2)CC1. The number of halogens is 1. The van der Waals surface area contributed by atoms with Gasteiger partial charge in [0.1, 0.15) is 11.1 Å². The van der Waals surface area contributed by atoms with E-state index in [4.69, 9.17) is 16.3 Å². The quantitative estimate of drug-likeness (QED) is 0.558. The molecule has 1 aliphatic heterocycles. The Hall–Kier alpha value is -1.85. The monoisotopic (exact) mass is 461 g/mol. The number of carbonyl (C=O) groups excluding carboxylic acids is 1. The highest BCUT2D eigenvalue weighted by Gasteiger charge is 2.30. The van der Waals surface area contributed by atoms with Gasteiger partial charge in [0.05, 0.1) is 24.2 Å². The number of nitrogens with one attached hydrogen (secondary N) is 3. The number of ether oxygens (including phenoxy) is 1. The van der Waals surface area contributed by atoms with Crippen LogP contribution in [0.15, 0.2) is 11.0 Å². The first kappa shape index (κ1) is 22.8. The summed E-state index contributed by atoms with van der Waals surface area (Å²) in [5, 5.41) is 8.99. The zero-order chi connectivity index (χ0) is 21.7. The predicted octanol–water partition coefficient (Wildman–Crippen LogP) is 1.37. The highest BCUT2D eigenvalue weighted by molar-refractivity contribution is 7.89. The molecule has 3 N–H and O–H groups in total. The molecule has 3 rings (SSSR count). The molecule has 2 aliphatic rings. The number of aromatic nitrogens is 2. The molecule has 12 heteroatoms. The number of aromatic amines is 1. The second-order valence-electron chi connectivity index (χ2n) is 7.79. The second-order valence-corrected chi connectivity index (χ2v) is 10.0. The summed E-state index contributed by atoms with van der Waals surface area (Å²) < 4.78 is 32.0. The lowest BCUT2D eigenvalue weighted by atomic mass is 9.92. The number of amides is 1. The molecule has 1 saturated carbocycles. The topological polar surface area (TPSA) is 133 Å². The fraction of sp³-hybridized carbons (Fsp3) is 0.722. The van der Waals surface area contributed by atoms with E-state index in [1.165, 1.54) is 6.20 Å². The van der Waals surface area contributed by atoms with Crippen molar-refractivity contribution in [3.05, 3.63) is 21.6 Å². The number of sulfonamides is 1. The van der Waals surface area contributed by atoms with Gasteiger partial charge in [0.25, 0.3) is 5.56 Å². The first-order chi connectivity index (χ1) is 14.3. The molecule has 1 aromatic heterocycles. The smallest absolute Gasteiger partial charge is 0.407 e. The normalized spacial score (nSPS) is 24.6. The van der Waals surface area contributed by atoms with Crippen LogP contribution >= 0.6 is 11.6 Å². The van der Waals surface area contributed by atoms with E-state index in [2.05, 4.69) is 20.2 Å². The maximum Gasteiger partial charge on any atom is 0.407 e. The van der Waals surface area contributed by atoms with Crippen molar-refractivity contribution in [3.63, 3.8) is 0 Å². The van der Waals surface area contributed by atoms with Gasteiger partial charge in [0, 0.05) is 25.0 Å². The number of nitrogens with zero attached hydrogens (tertiary/aromatic N) is 2. The van der Waals surface area contributed by atoms with Crippen LogP contribution in [0.4, 0.5) is 10.5 Å². The molecule has 1 saturated heterocycles. The average Bonchev–Trinajstić information content (AvgIpc) is 3.13. The van der Waals surface area contributed by atoms with Crippen molar-refractivity contribution in [2.75, 3.05) is 23.7 Å². The van der Waals surface area contributed by atoms with Crippen LogP contribution in [0.25, 0.3) is 0 Å². The van der Waals surface area contributed by atoms with Gasteiger partial charge in [-0.2, -0.15) is 5.10 Å². The van der Waals surface area contributed by atoms with Gasteiger partial charge < -0.3 is 15.0 Å². The summed E-state index contributed by atoms with van der Waals surface area (Å²) in [6.07, 6.45) is 4.66. The molecular formula is C18H28ClN5O5S. The third-order valence-electron chi connectivity index (χ3n) is 5.40. The van der Waals surface area contributed by atoms with E-state index in [1.54, 1.807) is 0 Å². The molecule has 1 aliphatic carbocycles. The molecule has 0 unspecified atom stereocenters. The molecule has 2 heterocycles. The molecule has 168 valence electrons. The van der Waals surface area contributed by atoms with E-state index < -0.39 is 21.7 Å². The Kier molecular flexibility index (Phi) is 7.59. The summed E-state index contributed by atoms with van der Waals surface area (Å²) in [6.45, 7) is 2.87. The Labute approximate surface area is 180 Å². The minimum absolute atomic E-state index is 0.0340. The van der Waals surface area contributed by atoms with Crippen LogP contribution in [0, 0.1) is 0 Å². The maximum atomic E-state index is 12.3. The van der Waals surface area contributed by atoms with Crippen molar-refractivity contribution in [1.82, 2.24) is 20.2 Å². The van der Waals surface area contributed by atoms with Crippen LogP contribution in [0.2, 0.25) is 5.02 Å². The molecule has 30 heavy (non-hydrogen) atoms. The molecule has 0 radical (unpaired) electrons. The summed E-state index contributed by atoms with van der Waals surface area (Å²) in [4.78, 5) is 25.7. The Morgan fingerprint density at radius 2 is 2.00 bits per heavy atom. The van der Waals surface area contributed by atoms with Crippen molar-refractivity contribution in [1.29, 1.82) is 0 Å². The van der Waals surface area contributed by atoms with Crippen molar-refractivity contribution in [2.45, 2.75) is 63.6 Å². The number of rotatable bonds is 7. The molecule has 0 spiro atoms. The molecule has 10 nitrogen and oxygen atoms in total. The molecule has 0 bridgehead atoms. The van der Waals surface area contributed by atoms with E-state index in [0.29, 0.717) is 57.3 Å². The molecule has 0 aromatic carbocycles. The lowest BCUT2D eigenvalue weighted by Crippen LogP contribution is -2.45. The van der Waals surface area contributed by atoms with Crippen LogP contribution in [-0.2, 0) is 14.8 Å². The molecule has 2 fully saturated rings. The van der Waals surface area contributed by atoms with E-state index >= 15 is 0 Å². The van der Waals surface area contributed by atoms with Crippen LogP contribution in [0.5, 0.6) is 0 Å². The van der Waals surface area contributed by atoms with E-state index in [1.807, 2.05) is 11.8 Å². The number of carbonyl (C=O) groups is 1. The third kappa shape index (κ3) is 6.08. The zero-order valence-electron chi connectivity index (χ0n) is 16.9. The average molecular weight is 462 g/mol. The van der Waals surface area contributed by atoms with Crippen molar-refractivity contribution < 1.29 is 17.9 Å². The number of H-pyrrole nitrogens is 1. The number of hydrogen-bond acceptors (Lipinski definition) is 7. The van der Waals surface area contributed by atoms with Crippen molar-refractivity contribution in [2.24, 2.45) is 0 Å². The van der Waals surface area contributed by atoms with Gasteiger partial charge in [-0.25, -0.2) is 23.0 Å². The van der Waals surface area contributed by atoms with Crippen LogP contribution in [-0.4, -0.2) is 61.7 Å². The Bertz CT molecular complexity index is 900. The summed E-state index contributed by atoms with van der Waals surface area (Å²) in [5.41, 5.74) is 0.0691. The van der Waals surface area contributed by atoms with E-state index in [-0.39, 0.29) is 29.0 Å². The molecule has 1 atom stereocenters. The van der Waals surface area contributed by atoms with E-state index in [9.17, 15) is 18.0 Å². The minimum Gasteiger partial charge on any atom is -0.444 e. The predicted molar refractivity (Wildman–Crippen MR) is 113 cm³/mol. The molecular weight excluding hydrogens is 434 g/mol. The summed E-state index contributed by atoms with van der Waals surface area (Å²) in [6, 6.07) is -0.111. The van der Waals surface area contributed by atoms with Gasteiger partial charge in [-0.3, -0.25) is 4.79 Å². The highest BCUT2D eigenvalue weighted by atomic mass is 35.5. The number of alkyl carbamates (subject to hydrolysis) is 1. The molecule has 1 aromatic rings. The van der Waals surface area contributed by atoms with Gasteiger partial charge >= 0.3 is 6.09 Å². The van der Waals surface area contributed by atoms with Gasteiger partial charge in [-0.05, 0) is 32.1 Å². The minimum atomic E-state index is -3.22. The first-order valence-electron chi connectivity index (χ1n) is 10.2. The Morgan fingerprint density at radius 1 is 1.30 bits per heavy atom. The Morgan fingerprint density at radius 3 is 2.70 bits per heavy atom. The standard InChI is InChI=1S/C18H28ClN5O5S/c1-2-9-30(27,28)23-13-5-3-12(4-6-13)21-18(26)29-14-7-8-24(11-14)15-10-20-22-17(25)16(15)19/h10,12-14,23H,2-9,11H2,1H3,(H,21,26)(H,22,25)/t12-,13-,14-/m1/s1. The van der Waals surface area contributed by atoms with Gasteiger partial charge in [0.2, 0.25) is 10.0 Å². The van der Waals surface area contributed by atoms with Crippen LogP contribution in [0.1, 0.15) is 45.4 Å². The van der Waals surface area contributed by atoms with Gasteiger partial charge in [-0.1, -0.05) is 18.5 Å². The summed E-state index contributed by atoms with van der Waals surface area (Å²) in [5.74, 6) is 0.133. The van der Waals surface area contributed by atoms with Crippen LogP contribution < -0.4 is 20.5 Å². The van der Waals surface area contributed by atoms with Gasteiger partial charge in [-0.15, -0.1) is 0 Å². The Balaban J connectivity index is 1.42. The van der Waals surface area contributed by atoms with Crippen molar-refractivity contribution in [3.8, 4) is 0 Å². The fourth-order valence-electron chi connectivity index (χ4n) is 3.93.